The van der Waals surface area contributed by atoms with Gasteiger partial charge in [0.05, 0.1) is 16.7 Å². The molecule has 92 valence electrons. The third kappa shape index (κ3) is 1.55. The first-order valence-electron chi connectivity index (χ1n) is 5.91. The summed E-state index contributed by atoms with van der Waals surface area (Å²) in [5.41, 5.74) is 8.80. The summed E-state index contributed by atoms with van der Waals surface area (Å²) in [7, 11) is 0. The first kappa shape index (κ1) is 10.1. The smallest absolute Gasteiger partial charge is 0.263 e. The molecule has 0 aliphatic carbocycles. The maximum atomic E-state index is 5.75. The lowest BCUT2D eigenvalue weighted by Gasteiger charge is -2.19. The maximum Gasteiger partial charge on any atom is 0.263 e. The Hall–Kier alpha value is -2.82. The van der Waals surface area contributed by atoms with Crippen LogP contribution in [0.1, 0.15) is 0 Å². The molecule has 0 saturated heterocycles. The van der Waals surface area contributed by atoms with Crippen LogP contribution in [0.2, 0.25) is 0 Å². The minimum atomic E-state index is 0.469. The van der Waals surface area contributed by atoms with Gasteiger partial charge in [-0.15, -0.1) is 0 Å². The molecule has 5 heteroatoms. The summed E-state index contributed by atoms with van der Waals surface area (Å²) in [5, 5.41) is 3.22. The number of anilines is 3. The van der Waals surface area contributed by atoms with E-state index in [0.29, 0.717) is 17.4 Å². The predicted octanol–water partition coefficient (Wildman–Crippen LogP) is 3.06. The van der Waals surface area contributed by atoms with Crippen molar-refractivity contribution in [3.63, 3.8) is 0 Å². The Labute approximate surface area is 109 Å². The maximum absolute atomic E-state index is 5.75. The third-order valence-electron chi connectivity index (χ3n) is 3.00. The van der Waals surface area contributed by atoms with Gasteiger partial charge in [-0.3, -0.25) is 0 Å². The van der Waals surface area contributed by atoms with Gasteiger partial charge in [0.25, 0.3) is 5.88 Å². The number of rotatable bonds is 0. The van der Waals surface area contributed by atoms with E-state index in [2.05, 4.69) is 15.3 Å². The summed E-state index contributed by atoms with van der Waals surface area (Å²) in [6.07, 6.45) is 0. The monoisotopic (exact) mass is 250 g/mol. The average Bonchev–Trinajstić information content (AvgIpc) is 2.43. The quantitative estimate of drug-likeness (QED) is 0.469. The average molecular weight is 250 g/mol. The van der Waals surface area contributed by atoms with Gasteiger partial charge in [0.15, 0.2) is 11.6 Å². The fourth-order valence-electron chi connectivity index (χ4n) is 2.10. The third-order valence-corrected chi connectivity index (χ3v) is 3.00. The number of nitrogen functional groups attached to an aromatic ring is 1. The largest absolute Gasteiger partial charge is 0.434 e. The molecule has 0 radical (unpaired) electrons. The Kier molecular flexibility index (Phi) is 1.91. The number of benzene rings is 2. The van der Waals surface area contributed by atoms with Crippen LogP contribution < -0.4 is 15.8 Å². The molecule has 0 atom stereocenters. The zero-order valence-corrected chi connectivity index (χ0v) is 9.92. The molecule has 1 aromatic heterocycles. The second-order valence-electron chi connectivity index (χ2n) is 4.35. The van der Waals surface area contributed by atoms with Crippen molar-refractivity contribution in [2.45, 2.75) is 0 Å². The predicted molar refractivity (Wildman–Crippen MR) is 73.7 cm³/mol. The molecule has 1 aliphatic heterocycles. The van der Waals surface area contributed by atoms with Gasteiger partial charge in [-0.05, 0) is 30.3 Å². The zero-order valence-electron chi connectivity index (χ0n) is 9.92. The van der Waals surface area contributed by atoms with Gasteiger partial charge in [-0.1, -0.05) is 12.1 Å². The Morgan fingerprint density at radius 2 is 1.89 bits per heavy atom. The van der Waals surface area contributed by atoms with Crippen LogP contribution in [-0.4, -0.2) is 9.97 Å². The summed E-state index contributed by atoms with van der Waals surface area (Å²) in [6.45, 7) is 0. The van der Waals surface area contributed by atoms with Crippen molar-refractivity contribution < 1.29 is 4.74 Å². The second-order valence-corrected chi connectivity index (χ2v) is 4.35. The van der Waals surface area contributed by atoms with Gasteiger partial charge < -0.3 is 15.8 Å². The summed E-state index contributed by atoms with van der Waals surface area (Å²) < 4.78 is 5.75. The van der Waals surface area contributed by atoms with E-state index >= 15 is 0 Å². The van der Waals surface area contributed by atoms with Crippen molar-refractivity contribution in [1.82, 2.24) is 9.97 Å². The Balaban J connectivity index is 1.91. The fourth-order valence-corrected chi connectivity index (χ4v) is 2.10. The first-order chi connectivity index (χ1) is 9.29. The molecule has 4 rings (SSSR count). The number of nitrogens with two attached hydrogens (primary N) is 1. The molecule has 0 unspecified atom stereocenters. The Morgan fingerprint density at radius 3 is 2.84 bits per heavy atom. The van der Waals surface area contributed by atoms with Gasteiger partial charge in [0.1, 0.15) is 0 Å². The Bertz CT molecular complexity index is 801. The van der Waals surface area contributed by atoms with Crippen molar-refractivity contribution >= 4 is 28.2 Å². The SMILES string of the molecule is Nc1ccc2nc3c(nc2c1)Oc1ccccc1N3. The molecule has 2 aromatic carbocycles. The summed E-state index contributed by atoms with van der Waals surface area (Å²) in [5.74, 6) is 1.83. The second kappa shape index (κ2) is 3.58. The van der Waals surface area contributed by atoms with Crippen molar-refractivity contribution in [1.29, 1.82) is 0 Å². The molecule has 0 amide bonds. The van der Waals surface area contributed by atoms with Crippen LogP contribution in [0.4, 0.5) is 17.2 Å². The van der Waals surface area contributed by atoms with Crippen LogP contribution in [0.15, 0.2) is 42.5 Å². The van der Waals surface area contributed by atoms with Gasteiger partial charge >= 0.3 is 0 Å². The molecule has 0 fully saturated rings. The highest BCUT2D eigenvalue weighted by atomic mass is 16.5. The Morgan fingerprint density at radius 1 is 1.00 bits per heavy atom. The summed E-state index contributed by atoms with van der Waals surface area (Å²) in [4.78, 5) is 8.95. The highest BCUT2D eigenvalue weighted by molar-refractivity contribution is 5.83. The van der Waals surface area contributed by atoms with Crippen LogP contribution in [-0.2, 0) is 0 Å². The van der Waals surface area contributed by atoms with Crippen molar-refractivity contribution in [2.75, 3.05) is 11.1 Å². The first-order valence-corrected chi connectivity index (χ1v) is 5.91. The minimum absolute atomic E-state index is 0.469. The highest BCUT2D eigenvalue weighted by Crippen LogP contribution is 2.40. The lowest BCUT2D eigenvalue weighted by atomic mass is 10.2. The van der Waals surface area contributed by atoms with Gasteiger partial charge in [0.2, 0.25) is 0 Å². The molecule has 2 heterocycles. The van der Waals surface area contributed by atoms with Crippen molar-refractivity contribution in [3.05, 3.63) is 42.5 Å². The normalized spacial score (nSPS) is 12.2. The number of aromatic nitrogens is 2. The van der Waals surface area contributed by atoms with Crippen LogP contribution >= 0.6 is 0 Å². The summed E-state index contributed by atoms with van der Waals surface area (Å²) >= 11 is 0. The highest BCUT2D eigenvalue weighted by Gasteiger charge is 2.19. The van der Waals surface area contributed by atoms with Gasteiger partial charge in [-0.25, -0.2) is 9.97 Å². The van der Waals surface area contributed by atoms with E-state index in [1.807, 2.05) is 30.3 Å². The molecule has 0 spiro atoms. The van der Waals surface area contributed by atoms with E-state index in [1.54, 1.807) is 12.1 Å². The number of fused-ring (bicyclic) bond motifs is 3. The van der Waals surface area contributed by atoms with Crippen LogP contribution in [0, 0.1) is 0 Å². The molecule has 3 N–H and O–H groups in total. The van der Waals surface area contributed by atoms with E-state index in [-0.39, 0.29) is 0 Å². The van der Waals surface area contributed by atoms with E-state index in [4.69, 9.17) is 10.5 Å². The number of ether oxygens (including phenoxy) is 1. The topological polar surface area (TPSA) is 73.1 Å². The van der Waals surface area contributed by atoms with E-state index in [9.17, 15) is 0 Å². The standard InChI is InChI=1S/C14H10N4O/c15-8-5-6-9-11(7-8)18-14-13(16-9)17-10-3-1-2-4-12(10)19-14/h1-7H,15H2,(H,16,17). The number of nitrogens with zero attached hydrogens (tertiary/aromatic N) is 2. The number of nitrogens with one attached hydrogen (secondary N) is 1. The molecular weight excluding hydrogens is 240 g/mol. The van der Waals surface area contributed by atoms with E-state index in [1.165, 1.54) is 0 Å². The molecular formula is C14H10N4O. The molecule has 5 nitrogen and oxygen atoms in total. The molecule has 1 aliphatic rings. The van der Waals surface area contributed by atoms with E-state index in [0.717, 1.165) is 22.5 Å². The zero-order chi connectivity index (χ0) is 12.8. The minimum Gasteiger partial charge on any atom is -0.434 e. The van der Waals surface area contributed by atoms with Crippen LogP contribution in [0.25, 0.3) is 11.0 Å². The van der Waals surface area contributed by atoms with E-state index < -0.39 is 0 Å². The molecule has 19 heavy (non-hydrogen) atoms. The van der Waals surface area contributed by atoms with Gasteiger partial charge in [0, 0.05) is 5.69 Å². The van der Waals surface area contributed by atoms with Crippen molar-refractivity contribution in [2.24, 2.45) is 0 Å². The van der Waals surface area contributed by atoms with Crippen molar-refractivity contribution in [3.8, 4) is 11.6 Å². The summed E-state index contributed by atoms with van der Waals surface area (Å²) in [6, 6.07) is 13.1. The van der Waals surface area contributed by atoms with Crippen LogP contribution in [0.3, 0.4) is 0 Å². The number of para-hydroxylation sites is 2. The molecule has 0 saturated carbocycles. The molecule has 0 bridgehead atoms. The fraction of sp³-hybridized carbons (Fsp3) is 0. The number of hydrogen-bond acceptors (Lipinski definition) is 5. The number of hydrogen-bond donors (Lipinski definition) is 2. The molecule has 3 aromatic rings. The van der Waals surface area contributed by atoms with Gasteiger partial charge in [-0.2, -0.15) is 0 Å². The van der Waals surface area contributed by atoms with Crippen LogP contribution in [0.5, 0.6) is 11.6 Å². The lowest BCUT2D eigenvalue weighted by Crippen LogP contribution is -2.06. The lowest BCUT2D eigenvalue weighted by molar-refractivity contribution is 0.461.